The number of hydrogen-bond donors (Lipinski definition) is 1. The number of thiocarbonyl (C=S) groups is 1. The predicted molar refractivity (Wildman–Crippen MR) is 116 cm³/mol. The van der Waals surface area contributed by atoms with Gasteiger partial charge in [-0.15, -0.1) is 11.3 Å². The zero-order valence-electron chi connectivity index (χ0n) is 14.2. The normalized spacial score (nSPS) is 15.4. The van der Waals surface area contributed by atoms with Crippen LogP contribution in [-0.2, 0) is 4.79 Å². The molecule has 3 heterocycles. The molecule has 0 saturated carbocycles. The topological polar surface area (TPSA) is 62.6 Å². The third kappa shape index (κ3) is 4.22. The molecule has 0 atom stereocenters. The maximum Gasteiger partial charge on any atom is 0.285 e. The number of furan rings is 1. The average Bonchev–Trinajstić information content (AvgIpc) is 3.42. The second-order valence-corrected chi connectivity index (χ2v) is 9.21. The van der Waals surface area contributed by atoms with E-state index in [0.717, 1.165) is 26.8 Å². The fraction of sp³-hybridized carbons (Fsp3) is 0. The summed E-state index contributed by atoms with van der Waals surface area (Å²) >= 11 is 9.14. The van der Waals surface area contributed by atoms with Crippen molar-refractivity contribution in [2.75, 3.05) is 0 Å². The summed E-state index contributed by atoms with van der Waals surface area (Å²) in [4.78, 5) is 26.8. The van der Waals surface area contributed by atoms with Gasteiger partial charge >= 0.3 is 0 Å². The third-order valence-corrected chi connectivity index (χ3v) is 6.69. The number of nitrogens with one attached hydrogen (secondary N) is 1. The minimum absolute atomic E-state index is 0.270. The molecular formula is C19H12N2O3S4. The van der Waals surface area contributed by atoms with Crippen LogP contribution in [0.3, 0.4) is 0 Å². The molecule has 2 amide bonds. The van der Waals surface area contributed by atoms with Gasteiger partial charge < -0.3 is 4.42 Å². The van der Waals surface area contributed by atoms with Crippen molar-refractivity contribution in [1.82, 2.24) is 10.4 Å². The number of amides is 2. The van der Waals surface area contributed by atoms with Gasteiger partial charge in [0.1, 0.15) is 5.76 Å². The largest absolute Gasteiger partial charge is 0.450 e. The van der Waals surface area contributed by atoms with Crippen molar-refractivity contribution in [3.8, 4) is 0 Å². The number of nitrogens with zero attached hydrogens (tertiary/aromatic N) is 1. The molecule has 1 fully saturated rings. The number of thioether (sulfide) groups is 1. The fourth-order valence-electron chi connectivity index (χ4n) is 2.33. The van der Waals surface area contributed by atoms with Crippen LogP contribution in [0.2, 0.25) is 0 Å². The Morgan fingerprint density at radius 2 is 1.96 bits per heavy atom. The molecule has 0 aliphatic carbocycles. The van der Waals surface area contributed by atoms with Gasteiger partial charge in [0.2, 0.25) is 0 Å². The fourth-order valence-corrected chi connectivity index (χ4v) is 4.90. The minimum Gasteiger partial charge on any atom is -0.450 e. The number of rotatable bonds is 5. The van der Waals surface area contributed by atoms with E-state index in [1.54, 1.807) is 29.7 Å². The summed E-state index contributed by atoms with van der Waals surface area (Å²) < 4.78 is 6.05. The summed E-state index contributed by atoms with van der Waals surface area (Å²) in [6.45, 7) is 0. The van der Waals surface area contributed by atoms with E-state index >= 15 is 0 Å². The first-order chi connectivity index (χ1) is 13.6. The van der Waals surface area contributed by atoms with Crippen molar-refractivity contribution < 1.29 is 14.0 Å². The Bertz CT molecular complexity index is 1060. The molecule has 1 saturated heterocycles. The quantitative estimate of drug-likeness (QED) is 0.439. The van der Waals surface area contributed by atoms with Gasteiger partial charge in [-0.05, 0) is 47.9 Å². The molecule has 0 radical (unpaired) electrons. The monoisotopic (exact) mass is 444 g/mol. The molecule has 1 aliphatic heterocycles. The first-order valence-electron chi connectivity index (χ1n) is 8.05. The number of carbonyl (C=O) groups excluding carboxylic acids is 2. The van der Waals surface area contributed by atoms with E-state index in [4.69, 9.17) is 16.6 Å². The van der Waals surface area contributed by atoms with Gasteiger partial charge in [0, 0.05) is 11.0 Å². The van der Waals surface area contributed by atoms with Gasteiger partial charge in [-0.2, -0.15) is 5.01 Å². The number of thiophene rings is 1. The third-order valence-electron chi connectivity index (χ3n) is 3.59. The first-order valence-corrected chi connectivity index (χ1v) is 11.0. The molecule has 0 unspecified atom stereocenters. The molecule has 2 aromatic heterocycles. The summed E-state index contributed by atoms with van der Waals surface area (Å²) in [5, 5.41) is 3.61. The van der Waals surface area contributed by atoms with E-state index < -0.39 is 0 Å². The van der Waals surface area contributed by atoms with Gasteiger partial charge in [0.05, 0.1) is 9.78 Å². The van der Waals surface area contributed by atoms with E-state index in [9.17, 15) is 9.59 Å². The average molecular weight is 445 g/mol. The highest BCUT2D eigenvalue weighted by Crippen LogP contribution is 2.34. The van der Waals surface area contributed by atoms with Gasteiger partial charge in [-0.1, -0.05) is 47.8 Å². The molecule has 1 aromatic carbocycles. The summed E-state index contributed by atoms with van der Waals surface area (Å²) in [7, 11) is 0. The highest BCUT2D eigenvalue weighted by molar-refractivity contribution is 8.26. The summed E-state index contributed by atoms with van der Waals surface area (Å²) in [5.74, 6) is -0.204. The Balaban J connectivity index is 1.46. The Labute approximate surface area is 178 Å². The van der Waals surface area contributed by atoms with Crippen LogP contribution in [0.1, 0.15) is 15.4 Å². The summed E-state index contributed by atoms with van der Waals surface area (Å²) in [6, 6.07) is 17.0. The van der Waals surface area contributed by atoms with Crippen molar-refractivity contribution in [2.24, 2.45) is 0 Å². The maximum atomic E-state index is 12.6. The molecule has 0 spiro atoms. The van der Waals surface area contributed by atoms with Crippen LogP contribution in [0.15, 0.2) is 79.3 Å². The second-order valence-electron chi connectivity index (χ2n) is 5.51. The van der Waals surface area contributed by atoms with Crippen LogP contribution in [0.5, 0.6) is 0 Å². The summed E-state index contributed by atoms with van der Waals surface area (Å²) in [6.07, 6.45) is 1.63. The minimum atomic E-state index is -0.381. The number of hydrazine groups is 1. The van der Waals surface area contributed by atoms with Crippen molar-refractivity contribution in [1.29, 1.82) is 0 Å². The molecule has 9 heteroatoms. The molecule has 3 aromatic rings. The number of hydrogen-bond acceptors (Lipinski definition) is 7. The lowest BCUT2D eigenvalue weighted by Gasteiger charge is -2.14. The van der Waals surface area contributed by atoms with Crippen molar-refractivity contribution in [2.45, 2.75) is 9.99 Å². The zero-order chi connectivity index (χ0) is 19.5. The molecule has 140 valence electrons. The smallest absolute Gasteiger partial charge is 0.285 e. The van der Waals surface area contributed by atoms with E-state index in [-0.39, 0.29) is 16.1 Å². The molecule has 0 bridgehead atoms. The van der Waals surface area contributed by atoms with E-state index in [2.05, 4.69) is 5.43 Å². The van der Waals surface area contributed by atoms with Gasteiger partial charge in [-0.25, -0.2) is 0 Å². The lowest BCUT2D eigenvalue weighted by molar-refractivity contribution is -0.123. The molecule has 1 N–H and O–H groups in total. The molecule has 1 aliphatic rings. The first kappa shape index (κ1) is 19.0. The molecule has 4 rings (SSSR count). The highest BCUT2D eigenvalue weighted by Gasteiger charge is 2.34. The Hall–Kier alpha value is -2.33. The van der Waals surface area contributed by atoms with E-state index in [1.165, 1.54) is 23.1 Å². The van der Waals surface area contributed by atoms with Crippen molar-refractivity contribution >= 4 is 69.3 Å². The lowest BCUT2D eigenvalue weighted by Crippen LogP contribution is -2.44. The molecular weight excluding hydrogens is 432 g/mol. The molecule has 28 heavy (non-hydrogen) atoms. The van der Waals surface area contributed by atoms with Gasteiger partial charge in [0.25, 0.3) is 11.8 Å². The second kappa shape index (κ2) is 8.36. The van der Waals surface area contributed by atoms with Crippen LogP contribution in [0.4, 0.5) is 0 Å². The Morgan fingerprint density at radius 3 is 2.71 bits per heavy atom. The highest BCUT2D eigenvalue weighted by atomic mass is 32.2. The van der Waals surface area contributed by atoms with Crippen LogP contribution < -0.4 is 5.43 Å². The standard InChI is InChI=1S/C19H12N2O3S4/c22-17(14-7-4-10-26-14)20-21-18(23)15(28-19(21)25)11-12-8-9-16(24-12)27-13-5-2-1-3-6-13/h1-11H,(H,20,22)/b15-11-. The van der Waals surface area contributed by atoms with Gasteiger partial charge in [-0.3, -0.25) is 15.0 Å². The predicted octanol–water partition coefficient (Wildman–Crippen LogP) is 5.04. The Morgan fingerprint density at radius 1 is 1.14 bits per heavy atom. The molecule has 5 nitrogen and oxygen atoms in total. The van der Waals surface area contributed by atoms with Crippen molar-refractivity contribution in [3.05, 3.63) is 75.5 Å². The zero-order valence-corrected chi connectivity index (χ0v) is 17.4. The lowest BCUT2D eigenvalue weighted by atomic mass is 10.4. The number of benzene rings is 1. The van der Waals surface area contributed by atoms with Crippen LogP contribution >= 0.6 is 47.1 Å². The van der Waals surface area contributed by atoms with Crippen LogP contribution in [0.25, 0.3) is 6.08 Å². The van der Waals surface area contributed by atoms with E-state index in [0.29, 0.717) is 15.5 Å². The van der Waals surface area contributed by atoms with Crippen LogP contribution in [-0.4, -0.2) is 21.1 Å². The van der Waals surface area contributed by atoms with Gasteiger partial charge in [0.15, 0.2) is 9.41 Å². The van der Waals surface area contributed by atoms with Crippen molar-refractivity contribution in [3.63, 3.8) is 0 Å². The summed E-state index contributed by atoms with van der Waals surface area (Å²) in [5.41, 5.74) is 2.55. The SMILES string of the molecule is O=C(NN1C(=O)/C(=C/c2ccc(Sc3ccccc3)o2)SC1=S)c1cccs1. The maximum absolute atomic E-state index is 12.6. The Kier molecular flexibility index (Phi) is 5.67. The van der Waals surface area contributed by atoms with Crippen LogP contribution in [0, 0.1) is 0 Å². The number of carbonyl (C=O) groups is 2. The van der Waals surface area contributed by atoms with E-state index in [1.807, 2.05) is 36.4 Å².